The molecule has 0 unspecified atom stereocenters. The van der Waals surface area contributed by atoms with Crippen molar-refractivity contribution in [2.45, 2.75) is 12.5 Å². The van der Waals surface area contributed by atoms with E-state index in [1.165, 1.54) is 0 Å². The second-order valence-corrected chi connectivity index (χ2v) is 4.74. The van der Waals surface area contributed by atoms with E-state index in [0.29, 0.717) is 28.2 Å². The molecule has 94 valence electrons. The van der Waals surface area contributed by atoms with E-state index >= 15 is 0 Å². The molecule has 18 heavy (non-hydrogen) atoms. The van der Waals surface area contributed by atoms with Crippen LogP contribution in [0.4, 0.5) is 0 Å². The maximum atomic E-state index is 5.91. The van der Waals surface area contributed by atoms with Crippen LogP contribution in [0, 0.1) is 0 Å². The Morgan fingerprint density at radius 1 is 1.11 bits per heavy atom. The molecule has 5 heteroatoms. The van der Waals surface area contributed by atoms with E-state index in [0.717, 1.165) is 5.56 Å². The van der Waals surface area contributed by atoms with Crippen LogP contribution in [0.1, 0.15) is 11.3 Å². The molecule has 2 aromatic rings. The largest absolute Gasteiger partial charge is 0.473 e. The molecule has 0 radical (unpaired) electrons. The van der Waals surface area contributed by atoms with Crippen LogP contribution < -0.4 is 4.74 Å². The van der Waals surface area contributed by atoms with Gasteiger partial charge in [-0.05, 0) is 23.8 Å². The van der Waals surface area contributed by atoms with Gasteiger partial charge in [-0.3, -0.25) is 0 Å². The summed E-state index contributed by atoms with van der Waals surface area (Å²) in [5.41, 5.74) is 1.59. The lowest BCUT2D eigenvalue weighted by atomic mass is 10.2. The third kappa shape index (κ3) is 3.52. The standard InChI is InChI=1S/C13H10Cl3NO/c14-7-12-11(16)4-5-13(17-12)18-8-9-2-1-3-10(15)6-9/h1-6H,7-8H2. The van der Waals surface area contributed by atoms with Crippen molar-refractivity contribution in [1.29, 1.82) is 0 Å². The van der Waals surface area contributed by atoms with Crippen molar-refractivity contribution in [3.63, 3.8) is 0 Å². The summed E-state index contributed by atoms with van der Waals surface area (Å²) in [5.74, 6) is 0.753. The van der Waals surface area contributed by atoms with Crippen LogP contribution in [0.2, 0.25) is 10.0 Å². The summed E-state index contributed by atoms with van der Waals surface area (Å²) in [5, 5.41) is 1.22. The quantitative estimate of drug-likeness (QED) is 0.763. The van der Waals surface area contributed by atoms with E-state index in [2.05, 4.69) is 4.98 Å². The molecule has 0 saturated heterocycles. The Morgan fingerprint density at radius 3 is 2.67 bits per heavy atom. The third-order valence-corrected chi connectivity index (χ3v) is 3.13. The number of aromatic nitrogens is 1. The summed E-state index contributed by atoms with van der Waals surface area (Å²) in [7, 11) is 0. The lowest BCUT2D eigenvalue weighted by Crippen LogP contribution is -1.99. The molecule has 2 nitrogen and oxygen atoms in total. The Bertz CT molecular complexity index is 546. The molecule has 1 aromatic carbocycles. The van der Waals surface area contributed by atoms with Gasteiger partial charge >= 0.3 is 0 Å². The summed E-state index contributed by atoms with van der Waals surface area (Å²) < 4.78 is 5.56. The molecule has 0 bridgehead atoms. The summed E-state index contributed by atoms with van der Waals surface area (Å²) in [6.07, 6.45) is 0. The highest BCUT2D eigenvalue weighted by Gasteiger charge is 2.04. The summed E-state index contributed by atoms with van der Waals surface area (Å²) >= 11 is 17.5. The Morgan fingerprint density at radius 2 is 1.94 bits per heavy atom. The number of ether oxygens (including phenoxy) is 1. The molecule has 1 aromatic heterocycles. The van der Waals surface area contributed by atoms with Gasteiger partial charge in [-0.2, -0.15) is 0 Å². The molecule has 1 heterocycles. The van der Waals surface area contributed by atoms with Crippen molar-refractivity contribution in [3.8, 4) is 5.88 Å². The van der Waals surface area contributed by atoms with E-state index < -0.39 is 0 Å². The lowest BCUT2D eigenvalue weighted by molar-refractivity contribution is 0.293. The molecule has 0 aliphatic heterocycles. The van der Waals surface area contributed by atoms with Crippen LogP contribution in [-0.4, -0.2) is 4.98 Å². The van der Waals surface area contributed by atoms with Crippen molar-refractivity contribution >= 4 is 34.8 Å². The minimum atomic E-state index is 0.257. The van der Waals surface area contributed by atoms with Crippen molar-refractivity contribution in [2.24, 2.45) is 0 Å². The highest BCUT2D eigenvalue weighted by Crippen LogP contribution is 2.20. The van der Waals surface area contributed by atoms with Gasteiger partial charge in [0.15, 0.2) is 0 Å². The van der Waals surface area contributed by atoms with Gasteiger partial charge in [0.05, 0.1) is 16.6 Å². The Labute approximate surface area is 120 Å². The minimum Gasteiger partial charge on any atom is -0.473 e. The molecule has 0 aliphatic carbocycles. The predicted molar refractivity (Wildman–Crippen MR) is 74.6 cm³/mol. The van der Waals surface area contributed by atoms with Crippen molar-refractivity contribution in [1.82, 2.24) is 4.98 Å². The van der Waals surface area contributed by atoms with Crippen molar-refractivity contribution in [3.05, 3.63) is 57.7 Å². The first-order valence-corrected chi connectivity index (χ1v) is 6.56. The average molecular weight is 303 g/mol. The van der Waals surface area contributed by atoms with Crippen LogP contribution in [-0.2, 0) is 12.5 Å². The fraction of sp³-hybridized carbons (Fsp3) is 0.154. The van der Waals surface area contributed by atoms with Gasteiger partial charge in [0.1, 0.15) is 6.61 Å². The number of benzene rings is 1. The number of alkyl halides is 1. The molecule has 0 atom stereocenters. The lowest BCUT2D eigenvalue weighted by Gasteiger charge is -2.07. The predicted octanol–water partition coefficient (Wildman–Crippen LogP) is 4.71. The van der Waals surface area contributed by atoms with E-state index in [4.69, 9.17) is 39.5 Å². The Hall–Kier alpha value is -0.960. The van der Waals surface area contributed by atoms with Gasteiger partial charge in [-0.25, -0.2) is 4.98 Å². The minimum absolute atomic E-state index is 0.257. The van der Waals surface area contributed by atoms with Gasteiger partial charge in [0.2, 0.25) is 5.88 Å². The number of nitrogens with zero attached hydrogens (tertiary/aromatic N) is 1. The molecule has 0 amide bonds. The second-order valence-electron chi connectivity index (χ2n) is 3.63. The first-order chi connectivity index (χ1) is 8.69. The van der Waals surface area contributed by atoms with Crippen LogP contribution in [0.25, 0.3) is 0 Å². The molecule has 0 fully saturated rings. The first kappa shape index (κ1) is 13.5. The maximum absolute atomic E-state index is 5.91. The van der Waals surface area contributed by atoms with Gasteiger partial charge in [-0.15, -0.1) is 11.6 Å². The number of hydrogen-bond donors (Lipinski definition) is 0. The fourth-order valence-corrected chi connectivity index (χ4v) is 2.08. The fourth-order valence-electron chi connectivity index (χ4n) is 1.42. The number of halogens is 3. The van der Waals surface area contributed by atoms with E-state index in [1.807, 2.05) is 24.3 Å². The monoisotopic (exact) mass is 301 g/mol. The summed E-state index contributed by atoms with van der Waals surface area (Å²) in [4.78, 5) is 4.21. The molecule has 0 aliphatic rings. The highest BCUT2D eigenvalue weighted by molar-refractivity contribution is 6.32. The molecular formula is C13H10Cl3NO. The van der Waals surface area contributed by atoms with Gasteiger partial charge in [0, 0.05) is 11.1 Å². The number of hydrogen-bond acceptors (Lipinski definition) is 2. The van der Waals surface area contributed by atoms with Crippen molar-refractivity contribution < 1.29 is 4.74 Å². The van der Waals surface area contributed by atoms with E-state index in [1.54, 1.807) is 12.1 Å². The first-order valence-electron chi connectivity index (χ1n) is 5.27. The van der Waals surface area contributed by atoms with Crippen molar-refractivity contribution in [2.75, 3.05) is 0 Å². The molecule has 0 saturated carbocycles. The Balaban J connectivity index is 2.06. The van der Waals surface area contributed by atoms with Crippen LogP contribution in [0.15, 0.2) is 36.4 Å². The highest BCUT2D eigenvalue weighted by atomic mass is 35.5. The third-order valence-electron chi connectivity index (χ3n) is 2.30. The summed E-state index contributed by atoms with van der Waals surface area (Å²) in [6, 6.07) is 10.9. The van der Waals surface area contributed by atoms with Gasteiger partial charge in [-0.1, -0.05) is 35.3 Å². The number of pyridine rings is 1. The molecular weight excluding hydrogens is 293 g/mol. The van der Waals surface area contributed by atoms with Crippen LogP contribution in [0.5, 0.6) is 5.88 Å². The smallest absolute Gasteiger partial charge is 0.213 e. The second kappa shape index (κ2) is 6.28. The molecule has 0 spiro atoms. The average Bonchev–Trinajstić information content (AvgIpc) is 2.38. The van der Waals surface area contributed by atoms with Crippen LogP contribution >= 0.6 is 34.8 Å². The number of rotatable bonds is 4. The molecule has 0 N–H and O–H groups in total. The normalized spacial score (nSPS) is 10.4. The van der Waals surface area contributed by atoms with Crippen LogP contribution in [0.3, 0.4) is 0 Å². The summed E-state index contributed by atoms with van der Waals surface area (Å²) in [6.45, 7) is 0.400. The maximum Gasteiger partial charge on any atom is 0.213 e. The zero-order chi connectivity index (χ0) is 13.0. The van der Waals surface area contributed by atoms with Gasteiger partial charge < -0.3 is 4.74 Å². The molecule has 2 rings (SSSR count). The zero-order valence-corrected chi connectivity index (χ0v) is 11.6. The van der Waals surface area contributed by atoms with Gasteiger partial charge in [0.25, 0.3) is 0 Å². The topological polar surface area (TPSA) is 22.1 Å². The van der Waals surface area contributed by atoms with E-state index in [-0.39, 0.29) is 5.88 Å². The SMILES string of the molecule is ClCc1nc(OCc2cccc(Cl)c2)ccc1Cl. The zero-order valence-electron chi connectivity index (χ0n) is 9.37. The Kier molecular flexibility index (Phi) is 4.70. The van der Waals surface area contributed by atoms with E-state index in [9.17, 15) is 0 Å².